The van der Waals surface area contributed by atoms with E-state index in [4.69, 9.17) is 15.9 Å². The molecule has 1 atom stereocenters. The topological polar surface area (TPSA) is 62.3 Å². The maximum absolute atomic E-state index is 7.42. The molecule has 0 rings (SSSR count). The minimum absolute atomic E-state index is 0.0696. The smallest absolute Gasteiger partial charge is 0.108 e. The van der Waals surface area contributed by atoms with Crippen LogP contribution in [0.25, 0.3) is 0 Å². The number of amidine groups is 1. The van der Waals surface area contributed by atoms with Crippen LogP contribution in [0.5, 0.6) is 0 Å². The Morgan fingerprint density at radius 3 is 2.46 bits per heavy atom. The van der Waals surface area contributed by atoms with Gasteiger partial charge in [0.2, 0.25) is 0 Å². The summed E-state index contributed by atoms with van der Waals surface area (Å²) in [6.07, 6.45) is 0.882. The molecule has 0 aromatic rings. The summed E-state index contributed by atoms with van der Waals surface area (Å²) < 4.78 is 5.00. The Labute approximate surface area is 80.6 Å². The molecule has 4 nitrogen and oxygen atoms in total. The molecule has 1 unspecified atom stereocenters. The van der Waals surface area contributed by atoms with Crippen LogP contribution in [-0.2, 0) is 4.74 Å². The first-order chi connectivity index (χ1) is 6.17. The average Bonchev–Trinajstić information content (AvgIpc) is 2.11. The molecule has 0 saturated carbocycles. The van der Waals surface area contributed by atoms with Gasteiger partial charge in [-0.25, -0.2) is 0 Å². The number of hydrogen-bond donors (Lipinski definition) is 2. The molecule has 0 heterocycles. The lowest BCUT2D eigenvalue weighted by Gasteiger charge is -2.28. The van der Waals surface area contributed by atoms with E-state index in [1.807, 2.05) is 6.92 Å². The second-order valence-electron chi connectivity index (χ2n) is 3.00. The summed E-state index contributed by atoms with van der Waals surface area (Å²) in [5.41, 5.74) is 5.50. The van der Waals surface area contributed by atoms with Crippen LogP contribution < -0.4 is 5.73 Å². The molecule has 0 spiro atoms. The van der Waals surface area contributed by atoms with E-state index in [-0.39, 0.29) is 11.9 Å². The van der Waals surface area contributed by atoms with E-state index in [2.05, 4.69) is 11.8 Å². The van der Waals surface area contributed by atoms with E-state index in [0.717, 1.165) is 19.5 Å². The van der Waals surface area contributed by atoms with Crippen LogP contribution in [-0.4, -0.2) is 43.6 Å². The molecule has 0 aliphatic carbocycles. The molecule has 0 bridgehead atoms. The number of methoxy groups -OCH3 is 1. The van der Waals surface area contributed by atoms with Gasteiger partial charge >= 0.3 is 0 Å². The van der Waals surface area contributed by atoms with Crippen molar-refractivity contribution in [3.05, 3.63) is 0 Å². The maximum atomic E-state index is 7.42. The van der Waals surface area contributed by atoms with Crippen LogP contribution in [0, 0.1) is 5.41 Å². The number of nitrogens with two attached hydrogens (primary N) is 1. The molecule has 0 aromatic carbocycles. The minimum atomic E-state index is 0.0696. The van der Waals surface area contributed by atoms with Gasteiger partial charge in [0, 0.05) is 13.7 Å². The third kappa shape index (κ3) is 4.24. The second-order valence-corrected chi connectivity index (χ2v) is 3.00. The molecule has 4 heteroatoms. The van der Waals surface area contributed by atoms with Gasteiger partial charge in [0.25, 0.3) is 0 Å². The van der Waals surface area contributed by atoms with Crippen molar-refractivity contribution in [3.63, 3.8) is 0 Å². The van der Waals surface area contributed by atoms with Gasteiger partial charge in [0.05, 0.1) is 12.6 Å². The lowest BCUT2D eigenvalue weighted by atomic mass is 10.1. The minimum Gasteiger partial charge on any atom is -0.386 e. The summed E-state index contributed by atoms with van der Waals surface area (Å²) in [5.74, 6) is 0.250. The fourth-order valence-corrected chi connectivity index (χ4v) is 1.42. The highest BCUT2D eigenvalue weighted by molar-refractivity contribution is 5.82. The van der Waals surface area contributed by atoms with Gasteiger partial charge in [-0.15, -0.1) is 0 Å². The normalized spacial score (nSPS) is 13.2. The number of nitrogens with zero attached hydrogens (tertiary/aromatic N) is 1. The molecular formula is C9H21N3O. The molecule has 0 aliphatic rings. The van der Waals surface area contributed by atoms with Gasteiger partial charge in [0.15, 0.2) is 0 Å². The standard InChI is InChI=1S/C9H21N3O/c1-4-8(9(10)11)12(5-2)6-7-13-3/h8H,4-7H2,1-3H3,(H3,10,11). The van der Waals surface area contributed by atoms with E-state index >= 15 is 0 Å². The number of hydrogen-bond acceptors (Lipinski definition) is 3. The molecule has 0 radical (unpaired) electrons. The van der Waals surface area contributed by atoms with Crippen molar-refractivity contribution >= 4 is 5.84 Å². The largest absolute Gasteiger partial charge is 0.386 e. The van der Waals surface area contributed by atoms with Crippen molar-refractivity contribution in [2.75, 3.05) is 26.8 Å². The average molecular weight is 187 g/mol. The molecule has 13 heavy (non-hydrogen) atoms. The quantitative estimate of drug-likeness (QED) is 0.455. The Hall–Kier alpha value is -0.610. The van der Waals surface area contributed by atoms with Crippen LogP contribution in [0.15, 0.2) is 0 Å². The van der Waals surface area contributed by atoms with Gasteiger partial charge in [-0.3, -0.25) is 10.3 Å². The molecular weight excluding hydrogens is 166 g/mol. The van der Waals surface area contributed by atoms with Crippen molar-refractivity contribution in [2.45, 2.75) is 26.3 Å². The molecule has 0 aromatic heterocycles. The number of likely N-dealkylation sites (N-methyl/N-ethyl adjacent to an activating group) is 1. The first kappa shape index (κ1) is 12.4. The fraction of sp³-hybridized carbons (Fsp3) is 0.889. The van der Waals surface area contributed by atoms with Crippen LogP contribution in [0.4, 0.5) is 0 Å². The Kier molecular flexibility index (Phi) is 6.54. The number of nitrogens with one attached hydrogen (secondary N) is 1. The van der Waals surface area contributed by atoms with Gasteiger partial charge < -0.3 is 10.5 Å². The summed E-state index contributed by atoms with van der Waals surface area (Å²) >= 11 is 0. The Balaban J connectivity index is 4.08. The summed E-state index contributed by atoms with van der Waals surface area (Å²) in [5, 5.41) is 7.42. The predicted molar refractivity (Wildman–Crippen MR) is 55.1 cm³/mol. The maximum Gasteiger partial charge on any atom is 0.108 e. The van der Waals surface area contributed by atoms with Crippen LogP contribution in [0.3, 0.4) is 0 Å². The highest BCUT2D eigenvalue weighted by atomic mass is 16.5. The molecule has 0 amide bonds. The van der Waals surface area contributed by atoms with Crippen LogP contribution >= 0.6 is 0 Å². The van der Waals surface area contributed by atoms with Crippen molar-refractivity contribution in [1.29, 1.82) is 5.41 Å². The second kappa shape index (κ2) is 6.86. The Morgan fingerprint density at radius 2 is 2.15 bits per heavy atom. The molecule has 0 aliphatic heterocycles. The highest BCUT2D eigenvalue weighted by Gasteiger charge is 2.16. The van der Waals surface area contributed by atoms with Crippen molar-refractivity contribution in [1.82, 2.24) is 4.90 Å². The zero-order valence-corrected chi connectivity index (χ0v) is 8.84. The van der Waals surface area contributed by atoms with Crippen molar-refractivity contribution in [3.8, 4) is 0 Å². The SMILES string of the molecule is CCC(C(=N)N)N(CC)CCOC. The van der Waals surface area contributed by atoms with Crippen LogP contribution in [0.2, 0.25) is 0 Å². The third-order valence-corrected chi connectivity index (χ3v) is 2.18. The number of ether oxygens (including phenoxy) is 1. The Bertz CT molecular complexity index is 150. The monoisotopic (exact) mass is 187 g/mol. The first-order valence-electron chi connectivity index (χ1n) is 4.74. The van der Waals surface area contributed by atoms with E-state index in [9.17, 15) is 0 Å². The highest BCUT2D eigenvalue weighted by Crippen LogP contribution is 2.02. The summed E-state index contributed by atoms with van der Waals surface area (Å²) in [4.78, 5) is 2.16. The van der Waals surface area contributed by atoms with Gasteiger partial charge in [-0.1, -0.05) is 13.8 Å². The van der Waals surface area contributed by atoms with Gasteiger partial charge in [-0.2, -0.15) is 0 Å². The summed E-state index contributed by atoms with van der Waals surface area (Å²) in [7, 11) is 1.68. The third-order valence-electron chi connectivity index (χ3n) is 2.18. The van der Waals surface area contributed by atoms with Gasteiger partial charge in [0.1, 0.15) is 5.84 Å². The van der Waals surface area contributed by atoms with Gasteiger partial charge in [-0.05, 0) is 13.0 Å². The van der Waals surface area contributed by atoms with Crippen molar-refractivity contribution in [2.24, 2.45) is 5.73 Å². The van der Waals surface area contributed by atoms with E-state index in [1.54, 1.807) is 7.11 Å². The zero-order chi connectivity index (χ0) is 10.3. The lowest BCUT2D eigenvalue weighted by Crippen LogP contribution is -2.45. The predicted octanol–water partition coefficient (Wildman–Crippen LogP) is 0.669. The van der Waals surface area contributed by atoms with E-state index < -0.39 is 0 Å². The molecule has 3 N–H and O–H groups in total. The zero-order valence-electron chi connectivity index (χ0n) is 8.84. The first-order valence-corrected chi connectivity index (χ1v) is 4.74. The van der Waals surface area contributed by atoms with E-state index in [1.165, 1.54) is 0 Å². The Morgan fingerprint density at radius 1 is 1.54 bits per heavy atom. The molecule has 0 saturated heterocycles. The van der Waals surface area contributed by atoms with Crippen LogP contribution in [0.1, 0.15) is 20.3 Å². The molecule has 78 valence electrons. The fourth-order valence-electron chi connectivity index (χ4n) is 1.42. The lowest BCUT2D eigenvalue weighted by molar-refractivity contribution is 0.139. The summed E-state index contributed by atoms with van der Waals surface area (Å²) in [6, 6.07) is 0.0696. The molecule has 0 fully saturated rings. The summed E-state index contributed by atoms with van der Waals surface area (Å²) in [6.45, 7) is 6.55. The van der Waals surface area contributed by atoms with E-state index in [0.29, 0.717) is 6.61 Å². The number of rotatable bonds is 7. The van der Waals surface area contributed by atoms with Crippen molar-refractivity contribution < 1.29 is 4.74 Å².